The summed E-state index contributed by atoms with van der Waals surface area (Å²) in [6.07, 6.45) is 4.05. The number of hydrogen-bond acceptors (Lipinski definition) is 4. The molecule has 23 heavy (non-hydrogen) atoms. The fraction of sp³-hybridized carbons (Fsp3) is 0.500. The standard InChI is InChI=1S/C14H20ClNO.C2H2O4/c1-12-11-13(15)5-6-14(12)17-10-9-16-7-3-2-4-8-16;3-1(4)2(5)6/h5-6,11H,2-4,7-10H2,1H3;(H,3,4)(H,5,6). The molecular formula is C16H22ClNO5. The summed E-state index contributed by atoms with van der Waals surface area (Å²) in [6.45, 7) is 6.28. The molecule has 0 spiro atoms. The molecule has 0 saturated carbocycles. The van der Waals surface area contributed by atoms with Gasteiger partial charge in [0.25, 0.3) is 0 Å². The zero-order chi connectivity index (χ0) is 17.2. The lowest BCUT2D eigenvalue weighted by Gasteiger charge is -2.26. The summed E-state index contributed by atoms with van der Waals surface area (Å²) in [5, 5.41) is 15.6. The third-order valence-corrected chi connectivity index (χ3v) is 3.67. The molecule has 1 fully saturated rings. The van der Waals surface area contributed by atoms with E-state index >= 15 is 0 Å². The second-order valence-electron chi connectivity index (χ2n) is 5.27. The van der Waals surface area contributed by atoms with Gasteiger partial charge in [0.1, 0.15) is 12.4 Å². The summed E-state index contributed by atoms with van der Waals surface area (Å²) in [7, 11) is 0. The molecule has 2 rings (SSSR count). The second kappa shape index (κ2) is 10.1. The largest absolute Gasteiger partial charge is 0.492 e. The minimum absolute atomic E-state index is 0.766. The van der Waals surface area contributed by atoms with Crippen LogP contribution < -0.4 is 4.74 Å². The van der Waals surface area contributed by atoms with Crippen LogP contribution in [0.25, 0.3) is 0 Å². The summed E-state index contributed by atoms with van der Waals surface area (Å²) in [6, 6.07) is 5.77. The van der Waals surface area contributed by atoms with Crippen molar-refractivity contribution in [3.63, 3.8) is 0 Å². The second-order valence-corrected chi connectivity index (χ2v) is 5.71. The predicted molar refractivity (Wildman–Crippen MR) is 87.2 cm³/mol. The number of carboxylic acid groups (broad SMARTS) is 2. The molecule has 0 unspecified atom stereocenters. The van der Waals surface area contributed by atoms with Gasteiger partial charge in [0.05, 0.1) is 0 Å². The first kappa shape index (κ1) is 19.3. The van der Waals surface area contributed by atoms with Crippen LogP contribution in [0.1, 0.15) is 24.8 Å². The molecule has 1 heterocycles. The van der Waals surface area contributed by atoms with Crippen LogP contribution in [0.4, 0.5) is 0 Å². The number of nitrogens with zero attached hydrogens (tertiary/aromatic N) is 1. The number of aliphatic carboxylic acids is 2. The lowest BCUT2D eigenvalue weighted by atomic mass is 10.1. The van der Waals surface area contributed by atoms with Gasteiger partial charge in [0.15, 0.2) is 0 Å². The number of ether oxygens (including phenoxy) is 1. The van der Waals surface area contributed by atoms with E-state index in [1.54, 1.807) is 0 Å². The van der Waals surface area contributed by atoms with Crippen molar-refractivity contribution in [3.05, 3.63) is 28.8 Å². The zero-order valence-electron chi connectivity index (χ0n) is 13.1. The number of likely N-dealkylation sites (tertiary alicyclic amines) is 1. The molecule has 0 amide bonds. The van der Waals surface area contributed by atoms with Crippen LogP contribution >= 0.6 is 11.6 Å². The SMILES string of the molecule is Cc1cc(Cl)ccc1OCCN1CCCCC1.O=C(O)C(=O)O. The van der Waals surface area contributed by atoms with Gasteiger partial charge in [-0.15, -0.1) is 0 Å². The average Bonchev–Trinajstić information content (AvgIpc) is 2.51. The van der Waals surface area contributed by atoms with Gasteiger partial charge >= 0.3 is 11.9 Å². The summed E-state index contributed by atoms with van der Waals surface area (Å²) in [5.74, 6) is -2.70. The van der Waals surface area contributed by atoms with Gasteiger partial charge in [-0.3, -0.25) is 4.90 Å². The van der Waals surface area contributed by atoms with E-state index in [-0.39, 0.29) is 0 Å². The number of carbonyl (C=O) groups is 2. The maximum atomic E-state index is 9.10. The first-order valence-electron chi connectivity index (χ1n) is 7.47. The molecule has 0 bridgehead atoms. The molecule has 6 nitrogen and oxygen atoms in total. The monoisotopic (exact) mass is 343 g/mol. The van der Waals surface area contributed by atoms with E-state index in [9.17, 15) is 0 Å². The van der Waals surface area contributed by atoms with Crippen LogP contribution in [0.5, 0.6) is 5.75 Å². The maximum Gasteiger partial charge on any atom is 0.414 e. The van der Waals surface area contributed by atoms with Crippen LogP contribution in [0.3, 0.4) is 0 Å². The third-order valence-electron chi connectivity index (χ3n) is 3.43. The van der Waals surface area contributed by atoms with Crippen molar-refractivity contribution in [1.82, 2.24) is 4.90 Å². The number of halogens is 1. The highest BCUT2D eigenvalue weighted by atomic mass is 35.5. The molecule has 1 aliphatic heterocycles. The van der Waals surface area contributed by atoms with E-state index in [1.165, 1.54) is 32.4 Å². The Labute approximate surface area is 140 Å². The number of piperidine rings is 1. The van der Waals surface area contributed by atoms with E-state index in [0.29, 0.717) is 0 Å². The van der Waals surface area contributed by atoms with E-state index < -0.39 is 11.9 Å². The van der Waals surface area contributed by atoms with Crippen LogP contribution in [-0.2, 0) is 9.59 Å². The Hall–Kier alpha value is -1.79. The number of carboxylic acids is 2. The lowest BCUT2D eigenvalue weighted by molar-refractivity contribution is -0.159. The van der Waals surface area contributed by atoms with Gasteiger partial charge in [-0.1, -0.05) is 18.0 Å². The van der Waals surface area contributed by atoms with E-state index in [4.69, 9.17) is 36.1 Å². The summed E-state index contributed by atoms with van der Waals surface area (Å²) in [5.41, 5.74) is 1.11. The molecular weight excluding hydrogens is 322 g/mol. The Bertz CT molecular complexity index is 517. The molecule has 1 aliphatic rings. The maximum absolute atomic E-state index is 9.10. The number of hydrogen-bond donors (Lipinski definition) is 2. The Kier molecular flexibility index (Phi) is 8.43. The van der Waals surface area contributed by atoms with Crippen molar-refractivity contribution >= 4 is 23.5 Å². The van der Waals surface area contributed by atoms with Crippen LogP contribution in [0.2, 0.25) is 5.02 Å². The zero-order valence-corrected chi connectivity index (χ0v) is 13.9. The van der Waals surface area contributed by atoms with E-state index in [2.05, 4.69) is 4.90 Å². The van der Waals surface area contributed by atoms with Crippen molar-refractivity contribution in [1.29, 1.82) is 0 Å². The van der Waals surface area contributed by atoms with Gasteiger partial charge in [-0.05, 0) is 56.6 Å². The van der Waals surface area contributed by atoms with Crippen molar-refractivity contribution < 1.29 is 24.5 Å². The first-order valence-corrected chi connectivity index (χ1v) is 7.85. The molecule has 1 aromatic rings. The van der Waals surface area contributed by atoms with Gasteiger partial charge in [0, 0.05) is 11.6 Å². The minimum Gasteiger partial charge on any atom is -0.492 e. The predicted octanol–water partition coefficient (Wildman–Crippen LogP) is 2.67. The molecule has 0 aromatic heterocycles. The van der Waals surface area contributed by atoms with Gasteiger partial charge in [-0.2, -0.15) is 0 Å². The Morgan fingerprint density at radius 2 is 1.78 bits per heavy atom. The fourth-order valence-corrected chi connectivity index (χ4v) is 2.47. The molecule has 7 heteroatoms. The molecule has 0 radical (unpaired) electrons. The van der Waals surface area contributed by atoms with E-state index in [0.717, 1.165) is 29.5 Å². The first-order chi connectivity index (χ1) is 10.9. The Morgan fingerprint density at radius 3 is 2.30 bits per heavy atom. The van der Waals surface area contributed by atoms with Crippen molar-refractivity contribution in [2.75, 3.05) is 26.2 Å². The number of rotatable bonds is 4. The van der Waals surface area contributed by atoms with Crippen molar-refractivity contribution in [2.45, 2.75) is 26.2 Å². The van der Waals surface area contributed by atoms with Crippen LogP contribution in [0.15, 0.2) is 18.2 Å². The van der Waals surface area contributed by atoms with Gasteiger partial charge in [0.2, 0.25) is 0 Å². The van der Waals surface area contributed by atoms with Crippen LogP contribution in [0, 0.1) is 6.92 Å². The lowest BCUT2D eigenvalue weighted by Crippen LogP contribution is -2.33. The smallest absolute Gasteiger partial charge is 0.414 e. The minimum atomic E-state index is -1.82. The quantitative estimate of drug-likeness (QED) is 0.817. The Morgan fingerprint density at radius 1 is 1.17 bits per heavy atom. The highest BCUT2D eigenvalue weighted by molar-refractivity contribution is 6.30. The van der Waals surface area contributed by atoms with Crippen molar-refractivity contribution in [3.8, 4) is 5.75 Å². The molecule has 128 valence electrons. The number of aryl methyl sites for hydroxylation is 1. The topological polar surface area (TPSA) is 87.1 Å². The normalized spacial score (nSPS) is 14.5. The van der Waals surface area contributed by atoms with Crippen molar-refractivity contribution in [2.24, 2.45) is 0 Å². The summed E-state index contributed by atoms with van der Waals surface area (Å²) < 4.78 is 5.79. The van der Waals surface area contributed by atoms with Crippen LogP contribution in [-0.4, -0.2) is 53.3 Å². The van der Waals surface area contributed by atoms with Gasteiger partial charge in [-0.25, -0.2) is 9.59 Å². The molecule has 1 saturated heterocycles. The average molecular weight is 344 g/mol. The molecule has 0 aliphatic carbocycles. The molecule has 0 atom stereocenters. The summed E-state index contributed by atoms with van der Waals surface area (Å²) >= 11 is 5.91. The highest BCUT2D eigenvalue weighted by Crippen LogP contribution is 2.21. The molecule has 1 aromatic carbocycles. The fourth-order valence-electron chi connectivity index (χ4n) is 2.24. The number of benzene rings is 1. The molecule has 2 N–H and O–H groups in total. The highest BCUT2D eigenvalue weighted by Gasteiger charge is 2.09. The third kappa shape index (κ3) is 7.85. The van der Waals surface area contributed by atoms with E-state index in [1.807, 2.05) is 25.1 Å². The van der Waals surface area contributed by atoms with Gasteiger partial charge < -0.3 is 14.9 Å². The Balaban J connectivity index is 0.000000379. The summed E-state index contributed by atoms with van der Waals surface area (Å²) in [4.78, 5) is 20.7.